The Bertz CT molecular complexity index is 204. The number of ether oxygens (including phenoxy) is 1. The Morgan fingerprint density at radius 1 is 1.79 bits per heavy atom. The van der Waals surface area contributed by atoms with Gasteiger partial charge in [0.15, 0.2) is 0 Å². The summed E-state index contributed by atoms with van der Waals surface area (Å²) in [6.45, 7) is 5.30. The van der Waals surface area contributed by atoms with Crippen LogP contribution in [-0.4, -0.2) is 22.8 Å². The highest BCUT2D eigenvalue weighted by Gasteiger charge is 2.33. The van der Waals surface area contributed by atoms with E-state index >= 15 is 0 Å². The number of carbonyl (C=O) groups is 1. The second-order valence-electron chi connectivity index (χ2n) is 3.36. The summed E-state index contributed by atoms with van der Waals surface area (Å²) in [6, 6.07) is 0. The van der Waals surface area contributed by atoms with Crippen LogP contribution in [0.1, 0.15) is 26.2 Å². The summed E-state index contributed by atoms with van der Waals surface area (Å²) in [5.41, 5.74) is 0. The van der Waals surface area contributed by atoms with E-state index in [0.29, 0.717) is 6.42 Å². The molecular formula is C10H16BrClO2. The summed E-state index contributed by atoms with van der Waals surface area (Å²) in [5.74, 6) is -0.387. The molecule has 0 spiro atoms. The van der Waals surface area contributed by atoms with Crippen LogP contribution >= 0.6 is 27.5 Å². The zero-order valence-electron chi connectivity index (χ0n) is 8.56. The molecule has 0 aliphatic heterocycles. The maximum Gasteiger partial charge on any atom is 0.326 e. The lowest BCUT2D eigenvalue weighted by Crippen LogP contribution is -2.32. The number of halogens is 2. The largest absolute Gasteiger partial charge is 0.468 e. The lowest BCUT2D eigenvalue weighted by atomic mass is 10.0. The Morgan fingerprint density at radius 2 is 2.36 bits per heavy atom. The Labute approximate surface area is 98.8 Å². The van der Waals surface area contributed by atoms with Crippen molar-refractivity contribution in [3.8, 4) is 0 Å². The minimum absolute atomic E-state index is 0.210. The predicted molar refractivity (Wildman–Crippen MR) is 63.0 cm³/mol. The van der Waals surface area contributed by atoms with Gasteiger partial charge in [-0.3, -0.25) is 4.79 Å². The van der Waals surface area contributed by atoms with Gasteiger partial charge in [-0.1, -0.05) is 22.0 Å². The Morgan fingerprint density at radius 3 is 2.79 bits per heavy atom. The Kier molecular flexibility index (Phi) is 6.45. The van der Waals surface area contributed by atoms with Gasteiger partial charge in [0, 0.05) is 4.83 Å². The Balaban J connectivity index is 4.06. The van der Waals surface area contributed by atoms with Gasteiger partial charge in [-0.2, -0.15) is 0 Å². The minimum atomic E-state index is -0.940. The normalized spacial score (nSPS) is 16.9. The quantitative estimate of drug-likeness (QED) is 0.425. The monoisotopic (exact) mass is 282 g/mol. The summed E-state index contributed by atoms with van der Waals surface area (Å²) in [4.78, 5) is 10.5. The second-order valence-corrected chi connectivity index (χ2v) is 5.49. The van der Waals surface area contributed by atoms with E-state index in [1.165, 1.54) is 7.11 Å². The third kappa shape index (κ3) is 5.01. The van der Waals surface area contributed by atoms with Crippen molar-refractivity contribution in [1.29, 1.82) is 0 Å². The molecule has 82 valence electrons. The molecule has 2 nitrogen and oxygen atoms in total. The molecule has 4 heteroatoms. The number of methoxy groups -OCH3 is 1. The number of carbonyl (C=O) groups excluding carboxylic acids is 1. The van der Waals surface area contributed by atoms with E-state index in [4.69, 9.17) is 11.6 Å². The molecular weight excluding hydrogens is 267 g/mol. The van der Waals surface area contributed by atoms with Crippen LogP contribution in [0.3, 0.4) is 0 Å². The zero-order chi connectivity index (χ0) is 11.2. The van der Waals surface area contributed by atoms with Crippen molar-refractivity contribution < 1.29 is 9.53 Å². The topological polar surface area (TPSA) is 26.3 Å². The first-order valence-corrected chi connectivity index (χ1v) is 5.75. The fourth-order valence-electron chi connectivity index (χ4n) is 1.11. The van der Waals surface area contributed by atoms with Gasteiger partial charge in [-0.05, 0) is 26.2 Å². The summed E-state index contributed by atoms with van der Waals surface area (Å²) in [7, 11) is 1.34. The highest BCUT2D eigenvalue weighted by Crippen LogP contribution is 2.28. The lowest BCUT2D eigenvalue weighted by molar-refractivity contribution is -0.143. The molecule has 0 aromatic carbocycles. The molecule has 0 bridgehead atoms. The average molecular weight is 284 g/mol. The molecule has 0 N–H and O–H groups in total. The van der Waals surface area contributed by atoms with Crippen molar-refractivity contribution in [2.75, 3.05) is 7.11 Å². The molecule has 0 rings (SSSR count). The zero-order valence-corrected chi connectivity index (χ0v) is 10.9. The first-order valence-electron chi connectivity index (χ1n) is 4.46. The predicted octanol–water partition coefficient (Wildman–Crippen LogP) is 3.28. The fourth-order valence-corrected chi connectivity index (χ4v) is 2.47. The molecule has 0 aromatic heterocycles. The first-order chi connectivity index (χ1) is 6.44. The summed E-state index contributed by atoms with van der Waals surface area (Å²) < 4.78 is 4.61. The third-order valence-electron chi connectivity index (χ3n) is 1.90. The first kappa shape index (κ1) is 14.0. The molecule has 0 saturated heterocycles. The van der Waals surface area contributed by atoms with Crippen molar-refractivity contribution in [3.05, 3.63) is 12.7 Å². The average Bonchev–Trinajstić information content (AvgIpc) is 2.12. The van der Waals surface area contributed by atoms with Gasteiger partial charge in [0.05, 0.1) is 7.11 Å². The van der Waals surface area contributed by atoms with Gasteiger partial charge >= 0.3 is 5.97 Å². The van der Waals surface area contributed by atoms with Gasteiger partial charge in [-0.25, -0.2) is 0 Å². The second kappa shape index (κ2) is 6.46. The van der Waals surface area contributed by atoms with Crippen LogP contribution in [0.25, 0.3) is 0 Å². The van der Waals surface area contributed by atoms with E-state index in [1.54, 1.807) is 6.92 Å². The van der Waals surface area contributed by atoms with Crippen LogP contribution in [-0.2, 0) is 9.53 Å². The standard InChI is InChI=1S/C10H16BrClO2/c1-4-5-6-8(11)7-10(2,12)9(13)14-3/h4,8H,1,5-7H2,2-3H3. The van der Waals surface area contributed by atoms with Crippen LogP contribution in [0.15, 0.2) is 12.7 Å². The van der Waals surface area contributed by atoms with Crippen LogP contribution in [0, 0.1) is 0 Å². The number of allylic oxidation sites excluding steroid dienone is 1. The van der Waals surface area contributed by atoms with Gasteiger partial charge in [0.2, 0.25) is 0 Å². The van der Waals surface area contributed by atoms with Crippen LogP contribution in [0.5, 0.6) is 0 Å². The molecule has 0 amide bonds. The Hall–Kier alpha value is -0.0200. The van der Waals surface area contributed by atoms with E-state index in [-0.39, 0.29) is 10.8 Å². The van der Waals surface area contributed by atoms with Crippen molar-refractivity contribution in [2.24, 2.45) is 0 Å². The van der Waals surface area contributed by atoms with Crippen LogP contribution in [0.4, 0.5) is 0 Å². The van der Waals surface area contributed by atoms with Crippen molar-refractivity contribution >= 4 is 33.5 Å². The van der Waals surface area contributed by atoms with Gasteiger partial charge in [0.1, 0.15) is 4.87 Å². The smallest absolute Gasteiger partial charge is 0.326 e. The maximum absolute atomic E-state index is 11.2. The highest BCUT2D eigenvalue weighted by atomic mass is 79.9. The van der Waals surface area contributed by atoms with Crippen LogP contribution in [0.2, 0.25) is 0 Å². The molecule has 0 aliphatic carbocycles. The molecule has 0 saturated carbocycles. The van der Waals surface area contributed by atoms with E-state index < -0.39 is 4.87 Å². The summed E-state index contributed by atoms with van der Waals surface area (Å²) >= 11 is 9.50. The van der Waals surface area contributed by atoms with Gasteiger partial charge < -0.3 is 4.74 Å². The number of hydrogen-bond donors (Lipinski definition) is 0. The fraction of sp³-hybridized carbons (Fsp3) is 0.700. The van der Waals surface area contributed by atoms with E-state index in [9.17, 15) is 4.79 Å². The van der Waals surface area contributed by atoms with E-state index in [2.05, 4.69) is 27.2 Å². The highest BCUT2D eigenvalue weighted by molar-refractivity contribution is 9.09. The molecule has 0 fully saturated rings. The van der Waals surface area contributed by atoms with Crippen LogP contribution < -0.4 is 0 Å². The van der Waals surface area contributed by atoms with Crippen molar-refractivity contribution in [1.82, 2.24) is 0 Å². The minimum Gasteiger partial charge on any atom is -0.468 e. The molecule has 14 heavy (non-hydrogen) atoms. The molecule has 2 atom stereocenters. The number of rotatable bonds is 6. The lowest BCUT2D eigenvalue weighted by Gasteiger charge is -2.21. The number of hydrogen-bond acceptors (Lipinski definition) is 2. The molecule has 0 aromatic rings. The molecule has 2 unspecified atom stereocenters. The number of esters is 1. The SMILES string of the molecule is C=CCCC(Br)CC(C)(Cl)C(=O)OC. The molecule has 0 radical (unpaired) electrons. The van der Waals surface area contributed by atoms with Crippen molar-refractivity contribution in [2.45, 2.75) is 35.9 Å². The van der Waals surface area contributed by atoms with Crippen molar-refractivity contribution in [3.63, 3.8) is 0 Å². The third-order valence-corrected chi connectivity index (χ3v) is 2.99. The van der Waals surface area contributed by atoms with E-state index in [0.717, 1.165) is 12.8 Å². The number of alkyl halides is 2. The molecule has 0 heterocycles. The van der Waals surface area contributed by atoms with E-state index in [1.807, 2.05) is 6.08 Å². The van der Waals surface area contributed by atoms with Gasteiger partial charge in [-0.15, -0.1) is 18.2 Å². The maximum atomic E-state index is 11.2. The summed E-state index contributed by atoms with van der Waals surface area (Å²) in [5, 5.41) is 0. The summed E-state index contributed by atoms with van der Waals surface area (Å²) in [6.07, 6.45) is 4.22. The van der Waals surface area contributed by atoms with Gasteiger partial charge in [0.25, 0.3) is 0 Å². The molecule has 0 aliphatic rings.